The van der Waals surface area contributed by atoms with Crippen molar-refractivity contribution in [3.05, 3.63) is 28.7 Å². The van der Waals surface area contributed by atoms with Crippen LogP contribution in [-0.4, -0.2) is 68.0 Å². The zero-order valence-corrected chi connectivity index (χ0v) is 14.1. The molecule has 1 aliphatic rings. The maximum atomic E-state index is 12.1. The van der Waals surface area contributed by atoms with Crippen LogP contribution in [0.4, 0.5) is 0 Å². The normalized spacial score (nSPS) is 15.5. The highest BCUT2D eigenvalue weighted by Crippen LogP contribution is 2.16. The van der Waals surface area contributed by atoms with Crippen LogP contribution in [0.15, 0.2) is 28.7 Å². The molecule has 1 aromatic rings. The van der Waals surface area contributed by atoms with Crippen molar-refractivity contribution in [2.75, 3.05) is 46.4 Å². The Morgan fingerprint density at radius 1 is 1.18 bits per heavy atom. The molecular formula is C15H20BrN3O3. The summed E-state index contributed by atoms with van der Waals surface area (Å²) in [7, 11) is 1.63. The second-order valence-corrected chi connectivity index (χ2v) is 5.99. The number of ether oxygens (including phenoxy) is 1. The van der Waals surface area contributed by atoms with E-state index in [4.69, 9.17) is 4.74 Å². The fourth-order valence-electron chi connectivity index (χ4n) is 2.20. The number of nitrogens with one attached hydrogen (secondary N) is 1. The Hall–Kier alpha value is -1.60. The highest BCUT2D eigenvalue weighted by atomic mass is 79.9. The molecule has 0 aromatic heterocycles. The molecule has 1 N–H and O–H groups in total. The summed E-state index contributed by atoms with van der Waals surface area (Å²) in [6.07, 6.45) is 0. The lowest BCUT2D eigenvalue weighted by Crippen LogP contribution is -2.51. The number of nitrogens with zero attached hydrogens (tertiary/aromatic N) is 2. The number of hydrogen-bond donors (Lipinski definition) is 1. The van der Waals surface area contributed by atoms with E-state index in [1.807, 2.05) is 29.2 Å². The predicted molar refractivity (Wildman–Crippen MR) is 86.7 cm³/mol. The van der Waals surface area contributed by atoms with Gasteiger partial charge in [0.1, 0.15) is 5.75 Å². The van der Waals surface area contributed by atoms with Gasteiger partial charge in [-0.15, -0.1) is 0 Å². The lowest BCUT2D eigenvalue weighted by molar-refractivity contribution is -0.135. The first-order valence-corrected chi connectivity index (χ1v) is 7.97. The Labute approximate surface area is 138 Å². The number of benzene rings is 1. The number of hydrogen-bond acceptors (Lipinski definition) is 4. The Balaban J connectivity index is 1.73. The van der Waals surface area contributed by atoms with Crippen molar-refractivity contribution in [2.24, 2.45) is 0 Å². The molecule has 0 unspecified atom stereocenters. The average Bonchev–Trinajstić information content (AvgIpc) is 2.54. The highest BCUT2D eigenvalue weighted by molar-refractivity contribution is 9.10. The van der Waals surface area contributed by atoms with Crippen LogP contribution in [0.2, 0.25) is 0 Å². The molecule has 7 heteroatoms. The molecule has 120 valence electrons. The molecule has 1 fully saturated rings. The van der Waals surface area contributed by atoms with Gasteiger partial charge in [-0.3, -0.25) is 14.5 Å². The Morgan fingerprint density at radius 3 is 2.41 bits per heavy atom. The predicted octanol–water partition coefficient (Wildman–Crippen LogP) is 0.718. The fourth-order valence-corrected chi connectivity index (χ4v) is 2.47. The van der Waals surface area contributed by atoms with Crippen molar-refractivity contribution in [2.45, 2.75) is 0 Å². The van der Waals surface area contributed by atoms with Crippen LogP contribution in [0.3, 0.4) is 0 Å². The van der Waals surface area contributed by atoms with Crippen LogP contribution in [0.1, 0.15) is 0 Å². The maximum absolute atomic E-state index is 12.1. The molecule has 0 radical (unpaired) electrons. The standard InChI is InChI=1S/C15H20BrN3O3/c1-17-14(20)10-18-6-8-19(9-7-18)15(21)11-22-13-4-2-12(16)3-5-13/h2-5H,6-11H2,1H3,(H,17,20). The van der Waals surface area contributed by atoms with E-state index in [-0.39, 0.29) is 18.4 Å². The third-order valence-electron chi connectivity index (χ3n) is 3.55. The number of halogens is 1. The van der Waals surface area contributed by atoms with E-state index in [0.29, 0.717) is 38.5 Å². The van der Waals surface area contributed by atoms with E-state index >= 15 is 0 Å². The second kappa shape index (κ2) is 8.14. The summed E-state index contributed by atoms with van der Waals surface area (Å²) in [4.78, 5) is 27.3. The first-order chi connectivity index (χ1) is 10.6. The number of piperazine rings is 1. The Bertz CT molecular complexity index is 513. The van der Waals surface area contributed by atoms with Crippen LogP contribution in [0.25, 0.3) is 0 Å². The summed E-state index contributed by atoms with van der Waals surface area (Å²) in [6, 6.07) is 7.38. The van der Waals surface area contributed by atoms with E-state index in [9.17, 15) is 9.59 Å². The molecule has 1 saturated heterocycles. The van der Waals surface area contributed by atoms with E-state index < -0.39 is 0 Å². The van der Waals surface area contributed by atoms with Crippen molar-refractivity contribution >= 4 is 27.7 Å². The second-order valence-electron chi connectivity index (χ2n) is 5.07. The molecule has 0 aliphatic carbocycles. The maximum Gasteiger partial charge on any atom is 0.260 e. The molecule has 1 heterocycles. The van der Waals surface area contributed by atoms with Gasteiger partial charge in [0, 0.05) is 37.7 Å². The Kier molecular flexibility index (Phi) is 6.21. The average molecular weight is 370 g/mol. The van der Waals surface area contributed by atoms with E-state index in [1.54, 1.807) is 11.9 Å². The number of rotatable bonds is 5. The van der Waals surface area contributed by atoms with Crippen LogP contribution in [0.5, 0.6) is 5.75 Å². The van der Waals surface area contributed by atoms with Crippen LogP contribution < -0.4 is 10.1 Å². The smallest absolute Gasteiger partial charge is 0.260 e. The number of carbonyl (C=O) groups is 2. The van der Waals surface area contributed by atoms with Gasteiger partial charge in [0.15, 0.2) is 6.61 Å². The van der Waals surface area contributed by atoms with Crippen LogP contribution in [0, 0.1) is 0 Å². The number of amides is 2. The SMILES string of the molecule is CNC(=O)CN1CCN(C(=O)COc2ccc(Br)cc2)CC1. The van der Waals surface area contributed by atoms with Crippen LogP contribution >= 0.6 is 15.9 Å². The Morgan fingerprint density at radius 2 is 1.82 bits per heavy atom. The van der Waals surface area contributed by atoms with Crippen molar-refractivity contribution in [1.82, 2.24) is 15.1 Å². The molecule has 1 aromatic carbocycles. The van der Waals surface area contributed by atoms with Gasteiger partial charge >= 0.3 is 0 Å². The molecule has 0 spiro atoms. The first-order valence-electron chi connectivity index (χ1n) is 7.17. The summed E-state index contributed by atoms with van der Waals surface area (Å²) < 4.78 is 6.47. The van der Waals surface area contributed by atoms with Crippen LogP contribution in [-0.2, 0) is 9.59 Å². The van der Waals surface area contributed by atoms with E-state index in [1.165, 1.54) is 0 Å². The van der Waals surface area contributed by atoms with Crippen molar-refractivity contribution in [3.63, 3.8) is 0 Å². The zero-order valence-electron chi connectivity index (χ0n) is 12.5. The van der Waals surface area contributed by atoms with Gasteiger partial charge in [0.25, 0.3) is 5.91 Å². The van der Waals surface area contributed by atoms with Gasteiger partial charge in [-0.25, -0.2) is 0 Å². The highest BCUT2D eigenvalue weighted by Gasteiger charge is 2.22. The number of likely N-dealkylation sites (N-methyl/N-ethyl adjacent to an activating group) is 1. The zero-order chi connectivity index (χ0) is 15.9. The van der Waals surface area contributed by atoms with Crippen molar-refractivity contribution in [1.29, 1.82) is 0 Å². The summed E-state index contributed by atoms with van der Waals surface area (Å²) >= 11 is 3.35. The summed E-state index contributed by atoms with van der Waals surface area (Å²) in [5, 5.41) is 2.60. The lowest BCUT2D eigenvalue weighted by atomic mass is 10.3. The quantitative estimate of drug-likeness (QED) is 0.830. The fraction of sp³-hybridized carbons (Fsp3) is 0.467. The molecule has 6 nitrogen and oxygen atoms in total. The monoisotopic (exact) mass is 369 g/mol. The third kappa shape index (κ3) is 4.99. The minimum absolute atomic E-state index is 0.00153. The topological polar surface area (TPSA) is 61.9 Å². The molecule has 0 atom stereocenters. The molecule has 0 bridgehead atoms. The molecular weight excluding hydrogens is 350 g/mol. The van der Waals surface area contributed by atoms with Gasteiger partial charge in [-0.1, -0.05) is 15.9 Å². The van der Waals surface area contributed by atoms with Gasteiger partial charge in [-0.2, -0.15) is 0 Å². The van der Waals surface area contributed by atoms with E-state index in [2.05, 4.69) is 21.2 Å². The largest absolute Gasteiger partial charge is 0.484 e. The van der Waals surface area contributed by atoms with E-state index in [0.717, 1.165) is 4.47 Å². The van der Waals surface area contributed by atoms with Gasteiger partial charge < -0.3 is 15.0 Å². The molecule has 1 aliphatic heterocycles. The molecule has 22 heavy (non-hydrogen) atoms. The van der Waals surface area contributed by atoms with Gasteiger partial charge in [0.05, 0.1) is 6.54 Å². The van der Waals surface area contributed by atoms with Crippen molar-refractivity contribution < 1.29 is 14.3 Å². The summed E-state index contributed by atoms with van der Waals surface area (Å²) in [5.41, 5.74) is 0. The minimum Gasteiger partial charge on any atom is -0.484 e. The number of carbonyl (C=O) groups excluding carboxylic acids is 2. The summed E-state index contributed by atoms with van der Waals surface area (Å²) in [6.45, 7) is 3.08. The van der Waals surface area contributed by atoms with Gasteiger partial charge in [0.2, 0.25) is 5.91 Å². The molecule has 2 amide bonds. The van der Waals surface area contributed by atoms with Gasteiger partial charge in [-0.05, 0) is 24.3 Å². The molecule has 0 saturated carbocycles. The minimum atomic E-state index is -0.0255. The third-order valence-corrected chi connectivity index (χ3v) is 4.08. The molecule has 2 rings (SSSR count). The lowest BCUT2D eigenvalue weighted by Gasteiger charge is -2.34. The van der Waals surface area contributed by atoms with Crippen molar-refractivity contribution in [3.8, 4) is 5.75 Å². The first kappa shape index (κ1) is 16.8. The summed E-state index contributed by atoms with van der Waals surface area (Å²) in [5.74, 6) is 0.649.